The van der Waals surface area contributed by atoms with Crippen molar-refractivity contribution in [1.29, 1.82) is 0 Å². The number of carbonyl (C=O) groups excluding carboxylic acids is 2. The van der Waals surface area contributed by atoms with E-state index in [2.05, 4.69) is 0 Å². The molecular formula is C78H132O21. The number of ether oxygens (including phenoxy) is 10. The normalized spacial score (nSPS) is 39.8. The Balaban J connectivity index is 1.38. The van der Waals surface area contributed by atoms with Gasteiger partial charge in [0.2, 0.25) is 0 Å². The number of aliphatic hydroxyl groups excluding tert-OH is 9. The molecule has 0 spiro atoms. The van der Waals surface area contributed by atoms with Crippen molar-refractivity contribution >= 4 is 11.9 Å². The van der Waals surface area contributed by atoms with E-state index in [1.807, 2.05) is 78.8 Å². The Morgan fingerprint density at radius 3 is 1.28 bits per heavy atom. The third-order valence-corrected chi connectivity index (χ3v) is 22.3. The lowest BCUT2D eigenvalue weighted by molar-refractivity contribution is -0.158. The van der Waals surface area contributed by atoms with Crippen LogP contribution in [-0.2, 0) is 57.0 Å². The Labute approximate surface area is 592 Å². The Hall–Kier alpha value is -3.30. The van der Waals surface area contributed by atoms with E-state index in [-0.39, 0.29) is 86.7 Å². The molecule has 99 heavy (non-hydrogen) atoms. The van der Waals surface area contributed by atoms with Gasteiger partial charge in [0.1, 0.15) is 12.2 Å². The summed E-state index contributed by atoms with van der Waals surface area (Å²) < 4.78 is 61.2. The molecule has 570 valence electrons. The average molecular weight is 1410 g/mol. The molecule has 0 aromatic carbocycles. The first-order valence-electron chi connectivity index (χ1n) is 37.2. The van der Waals surface area contributed by atoms with Crippen molar-refractivity contribution in [1.82, 2.24) is 0 Å². The van der Waals surface area contributed by atoms with Gasteiger partial charge in [-0.05, 0) is 123 Å². The lowest BCUT2D eigenvalue weighted by Gasteiger charge is -2.38. The van der Waals surface area contributed by atoms with Crippen molar-refractivity contribution in [3.05, 3.63) is 71.9 Å². The fraction of sp³-hybridized carbons (Fsp3) is 0.821. The van der Waals surface area contributed by atoms with Crippen molar-refractivity contribution in [2.24, 2.45) is 47.3 Å². The lowest BCUT2D eigenvalue weighted by Crippen LogP contribution is -2.45. The minimum Gasteiger partial charge on any atom is -0.458 e. The highest BCUT2D eigenvalue weighted by molar-refractivity contribution is 5.83. The molecule has 0 aromatic rings. The summed E-state index contributed by atoms with van der Waals surface area (Å²) in [5, 5.41) is 106. The molecule has 21 heteroatoms. The van der Waals surface area contributed by atoms with Crippen LogP contribution in [0, 0.1) is 47.3 Å². The summed E-state index contributed by atoms with van der Waals surface area (Å²) in [6, 6.07) is 0. The van der Waals surface area contributed by atoms with Crippen LogP contribution in [0.5, 0.6) is 0 Å². The van der Waals surface area contributed by atoms with E-state index >= 15 is 0 Å². The predicted octanol–water partition coefficient (Wildman–Crippen LogP) is 9.08. The van der Waals surface area contributed by atoms with Crippen LogP contribution >= 0.6 is 0 Å². The van der Waals surface area contributed by atoms with Crippen molar-refractivity contribution in [2.45, 2.75) is 333 Å². The summed E-state index contributed by atoms with van der Waals surface area (Å²) in [6.07, 6.45) is 9.79. The number of esters is 2. The highest BCUT2D eigenvalue weighted by atomic mass is 16.6. The van der Waals surface area contributed by atoms with Crippen molar-refractivity contribution in [3.63, 3.8) is 0 Å². The van der Waals surface area contributed by atoms with Crippen LogP contribution < -0.4 is 0 Å². The fourth-order valence-corrected chi connectivity index (χ4v) is 15.4. The van der Waals surface area contributed by atoms with Gasteiger partial charge < -0.3 is 93.3 Å². The van der Waals surface area contributed by atoms with Gasteiger partial charge in [-0.1, -0.05) is 115 Å². The zero-order valence-electron chi connectivity index (χ0n) is 62.6. The third-order valence-electron chi connectivity index (χ3n) is 22.3. The molecule has 0 aliphatic carbocycles. The SMILES string of the molecule is COC1CC(C)OC(CCC(C)C(O)C(C)C2OC(=O)C=CC(C)=CC(O)C(O)CC3C=CCC(CC(OC)C(C)C(O)CC(O)C(C)C(C(C)C(O)C(C)CCC4CC(OC)CC(C)O4)OC(=O)C=CC(C)=CCC(O)CC4C=CCC(CC(OC)C(C)C(O)CC(O)C2C)O4)O3)C1. The number of aliphatic hydroxyl groups is 9. The summed E-state index contributed by atoms with van der Waals surface area (Å²) >= 11 is 0. The maximum absolute atomic E-state index is 13.9. The van der Waals surface area contributed by atoms with Crippen molar-refractivity contribution in [2.75, 3.05) is 28.4 Å². The first kappa shape index (κ1) is 86.3. The summed E-state index contributed by atoms with van der Waals surface area (Å²) in [7, 11) is 6.52. The van der Waals surface area contributed by atoms with Gasteiger partial charge in [-0.2, -0.15) is 0 Å². The van der Waals surface area contributed by atoms with Crippen LogP contribution in [0.15, 0.2) is 71.9 Å². The van der Waals surface area contributed by atoms with Crippen LogP contribution in [0.4, 0.5) is 0 Å². The average Bonchev–Trinajstić information content (AvgIpc) is 0.857. The van der Waals surface area contributed by atoms with Crippen molar-refractivity contribution < 1.29 is 103 Å². The number of carbonyl (C=O) groups is 2. The first-order chi connectivity index (χ1) is 46.8. The van der Waals surface area contributed by atoms with E-state index in [0.29, 0.717) is 62.5 Å². The maximum atomic E-state index is 13.9. The summed E-state index contributed by atoms with van der Waals surface area (Å²) in [4.78, 5) is 27.8. The molecule has 31 unspecified atom stereocenters. The van der Waals surface area contributed by atoms with Gasteiger partial charge in [0, 0.05) is 102 Å². The molecule has 0 amide bonds. The molecule has 2 fully saturated rings. The van der Waals surface area contributed by atoms with E-state index < -0.39 is 145 Å². The number of allylic oxidation sites excluding steroid dienone is 4. The second kappa shape index (κ2) is 43.2. The van der Waals surface area contributed by atoms with Gasteiger partial charge in [-0.3, -0.25) is 0 Å². The highest BCUT2D eigenvalue weighted by Gasteiger charge is 2.43. The molecule has 0 aromatic heterocycles. The van der Waals surface area contributed by atoms with Crippen LogP contribution in [0.1, 0.15) is 192 Å². The monoisotopic (exact) mass is 1400 g/mol. The summed E-state index contributed by atoms with van der Waals surface area (Å²) in [5.74, 6) is -5.84. The topological polar surface area (TPSA) is 309 Å². The second-order valence-corrected chi connectivity index (χ2v) is 30.5. The minimum absolute atomic E-state index is 0.0219. The molecule has 4 bridgehead atoms. The number of hydrogen-bond acceptors (Lipinski definition) is 21. The molecule has 31 atom stereocenters. The van der Waals surface area contributed by atoms with Gasteiger partial charge in [-0.15, -0.1) is 0 Å². The van der Waals surface area contributed by atoms with E-state index in [1.165, 1.54) is 24.3 Å². The zero-order valence-corrected chi connectivity index (χ0v) is 62.6. The zero-order chi connectivity index (χ0) is 73.4. The van der Waals surface area contributed by atoms with Crippen molar-refractivity contribution in [3.8, 4) is 0 Å². The molecule has 5 heterocycles. The lowest BCUT2D eigenvalue weighted by atomic mass is 9.78. The molecule has 21 nitrogen and oxygen atoms in total. The molecule has 5 rings (SSSR count). The number of hydrogen-bond donors (Lipinski definition) is 9. The van der Waals surface area contributed by atoms with Crippen LogP contribution in [0.25, 0.3) is 0 Å². The third kappa shape index (κ3) is 28.3. The number of rotatable bonds is 16. The molecule has 0 saturated carbocycles. The predicted molar refractivity (Wildman–Crippen MR) is 379 cm³/mol. The summed E-state index contributed by atoms with van der Waals surface area (Å²) in [5.41, 5.74) is 1.12. The minimum atomic E-state index is -1.36. The Kier molecular flexibility index (Phi) is 37.7. The molecule has 2 saturated heterocycles. The molecule has 0 radical (unpaired) electrons. The van der Waals surface area contributed by atoms with Gasteiger partial charge in [-0.25, -0.2) is 9.59 Å². The Morgan fingerprint density at radius 2 is 0.869 bits per heavy atom. The van der Waals surface area contributed by atoms with Crippen LogP contribution in [-0.4, -0.2) is 227 Å². The molecule has 9 N–H and O–H groups in total. The van der Waals surface area contributed by atoms with Gasteiger partial charge in [0.05, 0.1) is 128 Å². The van der Waals surface area contributed by atoms with E-state index in [9.17, 15) is 55.5 Å². The molecular weight excluding hydrogens is 1270 g/mol. The van der Waals surface area contributed by atoms with Crippen LogP contribution in [0.3, 0.4) is 0 Å². The van der Waals surface area contributed by atoms with E-state index in [1.54, 1.807) is 69.1 Å². The number of fused-ring (bicyclic) bond motifs is 4. The Morgan fingerprint density at radius 1 is 0.465 bits per heavy atom. The molecule has 5 aliphatic heterocycles. The fourth-order valence-electron chi connectivity index (χ4n) is 15.4. The van der Waals surface area contributed by atoms with Gasteiger partial charge in [0.25, 0.3) is 0 Å². The van der Waals surface area contributed by atoms with E-state index in [0.717, 1.165) is 25.7 Å². The second-order valence-electron chi connectivity index (χ2n) is 30.5. The highest BCUT2D eigenvalue weighted by Crippen LogP contribution is 2.37. The maximum Gasteiger partial charge on any atom is 0.331 e. The van der Waals surface area contributed by atoms with Crippen LogP contribution in [0.2, 0.25) is 0 Å². The smallest absolute Gasteiger partial charge is 0.331 e. The standard InChI is InChI=1S/C78H132O21/c1-44-23-28-56(79)36-57-19-17-21-59(96-57)40-71(92-15)50(7)65(80)42-68(83)53(10)78(55(12)76(89)47(4)27-30-62-38-64(91-14)35-49(6)95-62)99-74(87)32-25-45(2)33-69(84)70(85)39-58-20-18-22-60(97-58)41-72(93-16)51(8)66(81)43-67(82)52(9)77(98-73(86)31-24-44)54(11)75(88)46(3)26-29-61-37-63(90-13)34-48(5)94-61/h17-20,23-25,31-33,46-72,75-85,88-89H,21-22,26-30,34-43H2,1-16H3. The van der Waals surface area contributed by atoms with E-state index in [4.69, 9.17) is 47.4 Å². The van der Waals surface area contributed by atoms with Gasteiger partial charge >= 0.3 is 11.9 Å². The van der Waals surface area contributed by atoms with Gasteiger partial charge in [0.15, 0.2) is 0 Å². The summed E-state index contributed by atoms with van der Waals surface area (Å²) in [6.45, 7) is 22.2. The number of methoxy groups -OCH3 is 4. The first-order valence-corrected chi connectivity index (χ1v) is 37.2. The number of cyclic esters (lactones) is 2. The largest absolute Gasteiger partial charge is 0.458 e. The quantitative estimate of drug-likeness (QED) is 0.0514. The molecule has 5 aliphatic rings. The Bertz CT molecular complexity index is 2520.